The fourth-order valence-corrected chi connectivity index (χ4v) is 1.76. The monoisotopic (exact) mass is 278 g/mol. The quantitative estimate of drug-likeness (QED) is 0.876. The van der Waals surface area contributed by atoms with Crippen LogP contribution in [0.15, 0.2) is 36.5 Å². The van der Waals surface area contributed by atoms with E-state index >= 15 is 0 Å². The number of nitrogens with one attached hydrogen (secondary N) is 2. The lowest BCUT2D eigenvalue weighted by Crippen LogP contribution is -2.13. The van der Waals surface area contributed by atoms with Crippen LogP contribution >= 0.6 is 11.6 Å². The van der Waals surface area contributed by atoms with Crippen molar-refractivity contribution < 1.29 is 9.53 Å². The summed E-state index contributed by atoms with van der Waals surface area (Å²) >= 11 is 5.77. The molecule has 0 aliphatic heterocycles. The second-order valence-electron chi connectivity index (χ2n) is 4.03. The lowest BCUT2D eigenvalue weighted by Gasteiger charge is -2.11. The molecule has 0 aliphatic carbocycles. The van der Waals surface area contributed by atoms with Crippen molar-refractivity contribution in [3.05, 3.63) is 47.2 Å². The van der Waals surface area contributed by atoms with E-state index in [4.69, 9.17) is 16.3 Å². The van der Waals surface area contributed by atoms with E-state index in [-0.39, 0.29) is 5.91 Å². The summed E-state index contributed by atoms with van der Waals surface area (Å²) in [6, 6.07) is 8.91. The number of aromatic nitrogens is 1. The number of rotatable bonds is 5. The average molecular weight is 279 g/mol. The van der Waals surface area contributed by atoms with Gasteiger partial charge in [0.2, 0.25) is 0 Å². The Morgan fingerprint density at radius 1 is 1.42 bits per heavy atom. The molecule has 4 nitrogen and oxygen atoms in total. The first-order chi connectivity index (χ1) is 9.20. The molecule has 2 rings (SSSR count). The number of amides is 1. The third kappa shape index (κ3) is 3.51. The van der Waals surface area contributed by atoms with Crippen molar-refractivity contribution in [1.82, 2.24) is 4.98 Å². The Labute approximate surface area is 116 Å². The van der Waals surface area contributed by atoms with Crippen molar-refractivity contribution in [1.29, 1.82) is 0 Å². The maximum atomic E-state index is 12.0. The summed E-state index contributed by atoms with van der Waals surface area (Å²) in [5.74, 6) is 0.412. The van der Waals surface area contributed by atoms with Gasteiger partial charge in [0.05, 0.1) is 17.3 Å². The van der Waals surface area contributed by atoms with Gasteiger partial charge in [0.15, 0.2) is 0 Å². The van der Waals surface area contributed by atoms with Crippen LogP contribution < -0.4 is 10.1 Å². The molecule has 1 heterocycles. The molecular formula is C14H15ClN2O2. The molecule has 1 aromatic carbocycles. The molecule has 2 N–H and O–H groups in total. The Morgan fingerprint density at radius 3 is 2.89 bits per heavy atom. The van der Waals surface area contributed by atoms with Crippen LogP contribution in [0.3, 0.4) is 0 Å². The highest BCUT2D eigenvalue weighted by molar-refractivity contribution is 6.31. The van der Waals surface area contributed by atoms with Gasteiger partial charge in [-0.1, -0.05) is 30.7 Å². The predicted molar refractivity (Wildman–Crippen MR) is 76.0 cm³/mol. The van der Waals surface area contributed by atoms with E-state index in [0.29, 0.717) is 28.8 Å². The first-order valence-corrected chi connectivity index (χ1v) is 6.45. The van der Waals surface area contributed by atoms with E-state index in [1.54, 1.807) is 18.3 Å². The predicted octanol–water partition coefficient (Wildman–Crippen LogP) is 3.71. The van der Waals surface area contributed by atoms with Crippen molar-refractivity contribution in [3.8, 4) is 5.75 Å². The fourth-order valence-electron chi connectivity index (χ4n) is 1.60. The summed E-state index contributed by atoms with van der Waals surface area (Å²) in [6.45, 7) is 2.64. The van der Waals surface area contributed by atoms with E-state index in [1.165, 1.54) is 0 Å². The van der Waals surface area contributed by atoms with Gasteiger partial charge >= 0.3 is 0 Å². The largest absolute Gasteiger partial charge is 0.491 e. The number of H-pyrrole nitrogens is 1. The number of hydrogen-bond acceptors (Lipinski definition) is 2. The molecule has 0 radical (unpaired) electrons. The van der Waals surface area contributed by atoms with Crippen LogP contribution in [-0.4, -0.2) is 17.5 Å². The van der Waals surface area contributed by atoms with Crippen LogP contribution in [0.4, 0.5) is 5.69 Å². The zero-order valence-corrected chi connectivity index (χ0v) is 11.3. The van der Waals surface area contributed by atoms with Crippen molar-refractivity contribution >= 4 is 23.2 Å². The smallest absolute Gasteiger partial charge is 0.272 e. The van der Waals surface area contributed by atoms with Crippen LogP contribution in [0.5, 0.6) is 5.75 Å². The maximum absolute atomic E-state index is 12.0. The minimum absolute atomic E-state index is 0.251. The minimum atomic E-state index is -0.251. The molecule has 100 valence electrons. The third-order valence-corrected chi connectivity index (χ3v) is 2.71. The van der Waals surface area contributed by atoms with Crippen LogP contribution in [-0.2, 0) is 0 Å². The molecule has 0 saturated carbocycles. The number of carbonyl (C=O) groups is 1. The summed E-state index contributed by atoms with van der Waals surface area (Å²) in [5.41, 5.74) is 1.06. The van der Waals surface area contributed by atoms with Gasteiger partial charge in [0.25, 0.3) is 5.91 Å². The normalized spacial score (nSPS) is 10.2. The van der Waals surface area contributed by atoms with E-state index in [9.17, 15) is 4.79 Å². The number of aromatic amines is 1. The van der Waals surface area contributed by atoms with Gasteiger partial charge in [-0.2, -0.15) is 0 Å². The number of halogens is 1. The highest BCUT2D eigenvalue weighted by Crippen LogP contribution is 2.24. The second-order valence-corrected chi connectivity index (χ2v) is 4.47. The van der Waals surface area contributed by atoms with Gasteiger partial charge in [-0.15, -0.1) is 0 Å². The Balaban J connectivity index is 2.12. The lowest BCUT2D eigenvalue weighted by atomic mass is 10.2. The SMILES string of the molecule is CCCOc1ccccc1NC(=O)c1cc(Cl)c[nH]1. The van der Waals surface area contributed by atoms with E-state index in [0.717, 1.165) is 6.42 Å². The highest BCUT2D eigenvalue weighted by Gasteiger charge is 2.11. The van der Waals surface area contributed by atoms with Crippen molar-refractivity contribution in [2.45, 2.75) is 13.3 Å². The molecule has 5 heteroatoms. The molecule has 1 amide bonds. The molecular weight excluding hydrogens is 264 g/mol. The Bertz CT molecular complexity index is 566. The summed E-state index contributed by atoms with van der Waals surface area (Å²) in [4.78, 5) is 14.8. The molecule has 0 aliphatic rings. The molecule has 0 unspecified atom stereocenters. The fraction of sp³-hybridized carbons (Fsp3) is 0.214. The van der Waals surface area contributed by atoms with Gasteiger partial charge in [-0.3, -0.25) is 4.79 Å². The standard InChI is InChI=1S/C14H15ClN2O2/c1-2-7-19-13-6-4-3-5-11(13)17-14(18)12-8-10(15)9-16-12/h3-6,8-9,16H,2,7H2,1H3,(H,17,18). The van der Waals surface area contributed by atoms with Crippen LogP contribution in [0.25, 0.3) is 0 Å². The second kappa shape index (κ2) is 6.29. The third-order valence-electron chi connectivity index (χ3n) is 2.49. The molecule has 0 spiro atoms. The number of ether oxygens (including phenoxy) is 1. The van der Waals surface area contributed by atoms with Crippen LogP contribution in [0.1, 0.15) is 23.8 Å². The molecule has 0 bridgehead atoms. The average Bonchev–Trinajstić information content (AvgIpc) is 2.84. The number of hydrogen-bond donors (Lipinski definition) is 2. The molecule has 0 saturated heterocycles. The number of benzene rings is 1. The Morgan fingerprint density at radius 2 is 2.21 bits per heavy atom. The van der Waals surface area contributed by atoms with Crippen molar-refractivity contribution in [2.75, 3.05) is 11.9 Å². The van der Waals surface area contributed by atoms with E-state index < -0.39 is 0 Å². The summed E-state index contributed by atoms with van der Waals surface area (Å²) < 4.78 is 5.58. The minimum Gasteiger partial charge on any atom is -0.491 e. The topological polar surface area (TPSA) is 54.1 Å². The van der Waals surface area contributed by atoms with Gasteiger partial charge in [-0.05, 0) is 24.6 Å². The van der Waals surface area contributed by atoms with Crippen molar-refractivity contribution in [2.24, 2.45) is 0 Å². The lowest BCUT2D eigenvalue weighted by molar-refractivity contribution is 0.102. The van der Waals surface area contributed by atoms with E-state index in [1.807, 2.05) is 25.1 Å². The Kier molecular flexibility index (Phi) is 4.47. The van der Waals surface area contributed by atoms with Crippen molar-refractivity contribution in [3.63, 3.8) is 0 Å². The molecule has 1 aromatic heterocycles. The molecule has 0 atom stereocenters. The molecule has 0 fully saturated rings. The number of para-hydroxylation sites is 2. The van der Waals surface area contributed by atoms with Crippen LogP contribution in [0, 0.1) is 0 Å². The summed E-state index contributed by atoms with van der Waals surface area (Å²) in [6.07, 6.45) is 2.48. The summed E-state index contributed by atoms with van der Waals surface area (Å²) in [7, 11) is 0. The first-order valence-electron chi connectivity index (χ1n) is 6.08. The summed E-state index contributed by atoms with van der Waals surface area (Å²) in [5, 5.41) is 3.30. The van der Waals surface area contributed by atoms with Gasteiger partial charge in [0, 0.05) is 6.20 Å². The number of anilines is 1. The molecule has 19 heavy (non-hydrogen) atoms. The maximum Gasteiger partial charge on any atom is 0.272 e. The zero-order valence-electron chi connectivity index (χ0n) is 10.6. The zero-order chi connectivity index (χ0) is 13.7. The van der Waals surface area contributed by atoms with Gasteiger partial charge in [0.1, 0.15) is 11.4 Å². The first kappa shape index (κ1) is 13.5. The Hall–Kier alpha value is -1.94. The molecule has 2 aromatic rings. The number of carbonyl (C=O) groups excluding carboxylic acids is 1. The van der Waals surface area contributed by atoms with Crippen LogP contribution in [0.2, 0.25) is 5.02 Å². The van der Waals surface area contributed by atoms with Gasteiger partial charge < -0.3 is 15.0 Å². The van der Waals surface area contributed by atoms with E-state index in [2.05, 4.69) is 10.3 Å². The highest BCUT2D eigenvalue weighted by atomic mass is 35.5. The van der Waals surface area contributed by atoms with Gasteiger partial charge in [-0.25, -0.2) is 0 Å².